The van der Waals surface area contributed by atoms with E-state index in [0.717, 1.165) is 12.8 Å². The number of allylic oxidation sites excluding steroid dienone is 1. The Kier molecular flexibility index (Phi) is 9.16. The van der Waals surface area contributed by atoms with E-state index in [4.69, 9.17) is 9.47 Å². The maximum atomic E-state index is 14.4. The van der Waals surface area contributed by atoms with Crippen molar-refractivity contribution in [2.45, 2.75) is 89.7 Å². The van der Waals surface area contributed by atoms with Gasteiger partial charge in [-0.15, -0.1) is 0 Å². The highest BCUT2D eigenvalue weighted by atomic mass is 16.6. The third kappa shape index (κ3) is 5.37. The summed E-state index contributed by atoms with van der Waals surface area (Å²) in [5.41, 5.74) is -1.38. The average Bonchev–Trinajstić information content (AvgIpc) is 3.30. The monoisotopic (exact) mass is 545 g/mol. The first-order valence-corrected chi connectivity index (χ1v) is 14.4. The molecule has 2 fully saturated rings. The Morgan fingerprint density at radius 2 is 1.95 bits per heavy atom. The third-order valence-corrected chi connectivity index (χ3v) is 8.68. The van der Waals surface area contributed by atoms with E-state index in [9.17, 15) is 24.3 Å². The van der Waals surface area contributed by atoms with Crippen LogP contribution in [-0.2, 0) is 28.7 Å². The first-order valence-electron chi connectivity index (χ1n) is 14.4. The zero-order valence-corrected chi connectivity index (χ0v) is 23.5. The van der Waals surface area contributed by atoms with E-state index in [-0.39, 0.29) is 43.2 Å². The summed E-state index contributed by atoms with van der Waals surface area (Å²) in [4.78, 5) is 57.6. The summed E-state index contributed by atoms with van der Waals surface area (Å²) < 4.78 is 12.4. The highest BCUT2D eigenvalue weighted by Gasteiger charge is 2.72. The van der Waals surface area contributed by atoms with Gasteiger partial charge in [-0.3, -0.25) is 19.2 Å². The molecule has 4 heterocycles. The van der Waals surface area contributed by atoms with Crippen LogP contribution in [0.4, 0.5) is 0 Å². The van der Waals surface area contributed by atoms with E-state index < -0.39 is 47.7 Å². The molecule has 0 radical (unpaired) electrons. The maximum Gasteiger partial charge on any atom is 0.313 e. The number of hydrogen-bond donors (Lipinski definition) is 2. The first-order chi connectivity index (χ1) is 18.7. The highest BCUT2D eigenvalue weighted by molar-refractivity contribution is 5.99. The smallest absolute Gasteiger partial charge is 0.313 e. The second kappa shape index (κ2) is 12.2. The van der Waals surface area contributed by atoms with Crippen molar-refractivity contribution in [3.05, 3.63) is 24.3 Å². The molecular weight excluding hydrogens is 502 g/mol. The standard InChI is InChI=1S/C29H43N3O7/c1-5-7-14-31-15-10-13-29-24(26(35)32(25(29)27(31)36)20(17-33)18(3)6-2)23-21(39-29)11-8-9-12-22(34)30-16-19(4)38-28(23)37/h8,10-11,13,18-21,23-25,33H,5-7,9,12,14-17H2,1-4H3,(H,30,34)/b11-8-/t18-,19-,20-,21-,23+,24+,25-,29+/m0/s1. The summed E-state index contributed by atoms with van der Waals surface area (Å²) in [5.74, 6) is -3.39. The van der Waals surface area contributed by atoms with Crippen molar-refractivity contribution >= 4 is 23.7 Å². The fourth-order valence-electron chi connectivity index (χ4n) is 6.37. The minimum absolute atomic E-state index is 0.0819. The third-order valence-electron chi connectivity index (χ3n) is 8.68. The molecule has 4 rings (SSSR count). The Morgan fingerprint density at radius 1 is 1.18 bits per heavy atom. The number of aliphatic hydroxyl groups excluding tert-OH is 1. The van der Waals surface area contributed by atoms with E-state index in [1.54, 1.807) is 30.1 Å². The molecule has 0 aromatic rings. The van der Waals surface area contributed by atoms with E-state index in [2.05, 4.69) is 12.2 Å². The second-order valence-electron chi connectivity index (χ2n) is 11.3. The molecule has 2 saturated heterocycles. The molecular formula is C29H43N3O7. The second-order valence-corrected chi connectivity index (χ2v) is 11.3. The number of likely N-dealkylation sites (tertiary alicyclic amines) is 1. The number of unbranched alkanes of at least 4 members (excludes halogenated alkanes) is 1. The van der Waals surface area contributed by atoms with Crippen molar-refractivity contribution in [1.29, 1.82) is 0 Å². The summed E-state index contributed by atoms with van der Waals surface area (Å²) >= 11 is 0. The number of rotatable bonds is 7. The van der Waals surface area contributed by atoms with Gasteiger partial charge in [0.2, 0.25) is 17.7 Å². The number of carbonyl (C=O) groups excluding carboxylic acids is 4. The lowest BCUT2D eigenvalue weighted by atomic mass is 9.78. The van der Waals surface area contributed by atoms with Crippen LogP contribution in [0.1, 0.15) is 59.8 Å². The van der Waals surface area contributed by atoms with Gasteiger partial charge in [0.05, 0.1) is 31.2 Å². The van der Waals surface area contributed by atoms with Crippen LogP contribution in [-0.4, -0.2) is 94.7 Å². The van der Waals surface area contributed by atoms with Gasteiger partial charge in [0, 0.05) is 19.5 Å². The molecule has 4 aliphatic heterocycles. The maximum absolute atomic E-state index is 14.4. The number of amides is 3. The van der Waals surface area contributed by atoms with E-state index >= 15 is 0 Å². The topological polar surface area (TPSA) is 125 Å². The highest BCUT2D eigenvalue weighted by Crippen LogP contribution is 2.54. The van der Waals surface area contributed by atoms with E-state index in [0.29, 0.717) is 25.9 Å². The van der Waals surface area contributed by atoms with Gasteiger partial charge in [-0.05, 0) is 25.7 Å². The van der Waals surface area contributed by atoms with Gasteiger partial charge in [0.15, 0.2) is 0 Å². The van der Waals surface area contributed by atoms with Gasteiger partial charge in [-0.2, -0.15) is 0 Å². The number of ether oxygens (including phenoxy) is 2. The van der Waals surface area contributed by atoms with Gasteiger partial charge in [0.1, 0.15) is 23.7 Å². The molecule has 10 nitrogen and oxygen atoms in total. The Hall–Kier alpha value is -2.72. The van der Waals surface area contributed by atoms with Crippen molar-refractivity contribution in [3.8, 4) is 0 Å². The quantitative estimate of drug-likeness (QED) is 0.367. The SMILES string of the molecule is CCCCN1CC=C[C@@]23O[C@H]4/C=C\CCC(=O)NC[C@H](C)OC(=O)[C@H]4[C@@H]2C(=O)N([C@@H](CO)[C@@H](C)CC)[C@H]3C1=O. The predicted molar refractivity (Wildman–Crippen MR) is 143 cm³/mol. The zero-order chi connectivity index (χ0) is 28.3. The average molecular weight is 546 g/mol. The molecule has 39 heavy (non-hydrogen) atoms. The van der Waals surface area contributed by atoms with Gasteiger partial charge in [-0.1, -0.05) is 57.9 Å². The number of nitrogens with one attached hydrogen (secondary N) is 1. The number of carbonyl (C=O) groups is 4. The molecule has 2 N–H and O–H groups in total. The van der Waals surface area contributed by atoms with Crippen molar-refractivity contribution in [2.24, 2.45) is 17.8 Å². The number of nitrogens with zero attached hydrogens (tertiary/aromatic N) is 2. The Labute approximate surface area is 230 Å². The van der Waals surface area contributed by atoms with Crippen LogP contribution in [0.25, 0.3) is 0 Å². The molecule has 0 aromatic carbocycles. The fraction of sp³-hybridized carbons (Fsp3) is 0.724. The van der Waals surface area contributed by atoms with Crippen molar-refractivity contribution < 1.29 is 33.8 Å². The number of aliphatic hydroxyl groups is 1. The number of cyclic esters (lactones) is 1. The molecule has 0 aliphatic carbocycles. The van der Waals surface area contributed by atoms with Crippen LogP contribution >= 0.6 is 0 Å². The molecule has 3 amide bonds. The van der Waals surface area contributed by atoms with Crippen LogP contribution in [0, 0.1) is 17.8 Å². The van der Waals surface area contributed by atoms with Gasteiger partial charge in [-0.25, -0.2) is 0 Å². The molecule has 0 saturated carbocycles. The summed E-state index contributed by atoms with van der Waals surface area (Å²) in [7, 11) is 0. The van der Waals surface area contributed by atoms with Crippen LogP contribution in [0.3, 0.4) is 0 Å². The lowest BCUT2D eigenvalue weighted by molar-refractivity contribution is -0.160. The molecule has 10 heteroatoms. The van der Waals surface area contributed by atoms with Crippen LogP contribution in [0.15, 0.2) is 24.3 Å². The number of fused-ring (bicyclic) bond motifs is 2. The summed E-state index contributed by atoms with van der Waals surface area (Å²) in [6, 6.07) is -1.62. The van der Waals surface area contributed by atoms with Crippen molar-refractivity contribution in [3.63, 3.8) is 0 Å². The Bertz CT molecular complexity index is 1010. The van der Waals surface area contributed by atoms with Crippen molar-refractivity contribution in [2.75, 3.05) is 26.2 Å². The Balaban J connectivity index is 1.82. The molecule has 0 aromatic heterocycles. The van der Waals surface area contributed by atoms with Crippen LogP contribution < -0.4 is 5.32 Å². The summed E-state index contributed by atoms with van der Waals surface area (Å²) in [5, 5.41) is 13.2. The van der Waals surface area contributed by atoms with Crippen LogP contribution in [0.5, 0.6) is 0 Å². The summed E-state index contributed by atoms with van der Waals surface area (Å²) in [6.45, 7) is 8.46. The molecule has 0 bridgehead atoms. The lowest BCUT2D eigenvalue weighted by Crippen LogP contribution is -2.59. The molecule has 1 spiro atoms. The predicted octanol–water partition coefficient (Wildman–Crippen LogP) is 1.57. The number of esters is 1. The number of hydrogen-bond acceptors (Lipinski definition) is 7. The van der Waals surface area contributed by atoms with E-state index in [1.807, 2.05) is 19.9 Å². The normalized spacial score (nSPS) is 35.6. The van der Waals surface area contributed by atoms with E-state index in [1.165, 1.54) is 4.90 Å². The largest absolute Gasteiger partial charge is 0.460 e. The zero-order valence-electron chi connectivity index (χ0n) is 23.5. The molecule has 216 valence electrons. The minimum atomic E-state index is -1.38. The van der Waals surface area contributed by atoms with Crippen molar-refractivity contribution in [1.82, 2.24) is 15.1 Å². The Morgan fingerprint density at radius 3 is 2.64 bits per heavy atom. The minimum Gasteiger partial charge on any atom is -0.460 e. The first kappa shape index (κ1) is 29.3. The molecule has 4 aliphatic rings. The van der Waals surface area contributed by atoms with Gasteiger partial charge >= 0.3 is 5.97 Å². The molecule has 8 atom stereocenters. The van der Waals surface area contributed by atoms with Gasteiger partial charge in [0.25, 0.3) is 0 Å². The van der Waals surface area contributed by atoms with Gasteiger partial charge < -0.3 is 29.7 Å². The lowest BCUT2D eigenvalue weighted by Gasteiger charge is -2.40. The fourth-order valence-corrected chi connectivity index (χ4v) is 6.37. The van der Waals surface area contributed by atoms with Crippen LogP contribution in [0.2, 0.25) is 0 Å². The summed E-state index contributed by atoms with van der Waals surface area (Å²) in [6.07, 6.45) is 8.92. The molecule has 0 unspecified atom stereocenters.